The summed E-state index contributed by atoms with van der Waals surface area (Å²) in [6.07, 6.45) is 0. The SMILES string of the molecule is O=C(CSCc1ccc(Cl)c(Cl)c1)N1CCN(Cc2ccc3c(c2)OCO3)CC1. The zero-order valence-corrected chi connectivity index (χ0v) is 18.2. The number of rotatable bonds is 6. The molecule has 0 bridgehead atoms. The Morgan fingerprint density at radius 2 is 1.69 bits per heavy atom. The van der Waals surface area contributed by atoms with Crippen LogP contribution in [0.25, 0.3) is 0 Å². The van der Waals surface area contributed by atoms with E-state index in [1.165, 1.54) is 5.56 Å². The maximum atomic E-state index is 12.5. The predicted molar refractivity (Wildman–Crippen MR) is 117 cm³/mol. The molecule has 1 fully saturated rings. The molecule has 2 aliphatic heterocycles. The first-order valence-electron chi connectivity index (χ1n) is 9.49. The van der Waals surface area contributed by atoms with Gasteiger partial charge in [0.15, 0.2) is 11.5 Å². The summed E-state index contributed by atoms with van der Waals surface area (Å²) >= 11 is 13.6. The standard InChI is InChI=1S/C21H22Cl2N2O3S/c22-17-3-1-16(9-18(17)23)12-29-13-21(26)25-7-5-24(6-8-25)11-15-2-4-19-20(10-15)28-14-27-19/h1-4,9-10H,5-8,11-14H2. The predicted octanol–water partition coefficient (Wildman–Crippen LogP) is 4.30. The Labute approximate surface area is 184 Å². The zero-order valence-electron chi connectivity index (χ0n) is 15.9. The van der Waals surface area contributed by atoms with Crippen molar-refractivity contribution in [1.82, 2.24) is 9.80 Å². The number of ether oxygens (including phenoxy) is 2. The molecule has 2 heterocycles. The summed E-state index contributed by atoms with van der Waals surface area (Å²) in [6.45, 7) is 4.41. The summed E-state index contributed by atoms with van der Waals surface area (Å²) in [7, 11) is 0. The average molecular weight is 453 g/mol. The lowest BCUT2D eigenvalue weighted by Gasteiger charge is -2.34. The van der Waals surface area contributed by atoms with Gasteiger partial charge in [0.05, 0.1) is 15.8 Å². The van der Waals surface area contributed by atoms with E-state index in [-0.39, 0.29) is 5.91 Å². The van der Waals surface area contributed by atoms with Gasteiger partial charge in [0, 0.05) is 38.5 Å². The number of thioether (sulfide) groups is 1. The molecule has 0 N–H and O–H groups in total. The number of carbonyl (C=O) groups is 1. The number of nitrogens with zero attached hydrogens (tertiary/aromatic N) is 2. The lowest BCUT2D eigenvalue weighted by Crippen LogP contribution is -2.48. The highest BCUT2D eigenvalue weighted by molar-refractivity contribution is 7.99. The van der Waals surface area contributed by atoms with E-state index in [2.05, 4.69) is 11.0 Å². The van der Waals surface area contributed by atoms with Crippen molar-refractivity contribution in [2.45, 2.75) is 12.3 Å². The molecule has 0 atom stereocenters. The lowest BCUT2D eigenvalue weighted by atomic mass is 10.1. The third-order valence-electron chi connectivity index (χ3n) is 5.05. The van der Waals surface area contributed by atoms with Crippen LogP contribution < -0.4 is 9.47 Å². The third kappa shape index (κ3) is 5.31. The third-order valence-corrected chi connectivity index (χ3v) is 6.77. The Hall–Kier alpha value is -1.60. The minimum absolute atomic E-state index is 0.192. The average Bonchev–Trinajstić information content (AvgIpc) is 3.19. The first-order valence-corrected chi connectivity index (χ1v) is 11.4. The van der Waals surface area contributed by atoms with Crippen LogP contribution in [0.4, 0.5) is 0 Å². The van der Waals surface area contributed by atoms with Gasteiger partial charge in [-0.25, -0.2) is 0 Å². The fourth-order valence-corrected chi connectivity index (χ4v) is 4.62. The van der Waals surface area contributed by atoms with E-state index in [9.17, 15) is 4.79 Å². The monoisotopic (exact) mass is 452 g/mol. The molecular formula is C21H22Cl2N2O3S. The van der Waals surface area contributed by atoms with Crippen molar-refractivity contribution in [3.63, 3.8) is 0 Å². The highest BCUT2D eigenvalue weighted by Gasteiger charge is 2.22. The van der Waals surface area contributed by atoms with Crippen molar-refractivity contribution in [2.75, 3.05) is 38.7 Å². The molecule has 154 valence electrons. The molecule has 0 aromatic heterocycles. The number of hydrogen-bond donors (Lipinski definition) is 0. The van der Waals surface area contributed by atoms with Crippen LogP contribution in [-0.4, -0.2) is 54.4 Å². The number of fused-ring (bicyclic) bond motifs is 1. The van der Waals surface area contributed by atoms with Gasteiger partial charge in [0.2, 0.25) is 12.7 Å². The quantitative estimate of drug-likeness (QED) is 0.653. The smallest absolute Gasteiger partial charge is 0.232 e. The van der Waals surface area contributed by atoms with Crippen molar-refractivity contribution in [2.24, 2.45) is 0 Å². The molecule has 2 aromatic rings. The molecular weight excluding hydrogens is 431 g/mol. The number of benzene rings is 2. The molecule has 0 aliphatic carbocycles. The van der Waals surface area contributed by atoms with Gasteiger partial charge in [-0.3, -0.25) is 9.69 Å². The maximum absolute atomic E-state index is 12.5. The largest absolute Gasteiger partial charge is 0.454 e. The number of amides is 1. The molecule has 2 aromatic carbocycles. The first kappa shape index (κ1) is 20.7. The molecule has 8 heteroatoms. The molecule has 4 rings (SSSR count). The molecule has 0 radical (unpaired) electrons. The molecule has 2 aliphatic rings. The molecule has 29 heavy (non-hydrogen) atoms. The zero-order chi connectivity index (χ0) is 20.2. The van der Waals surface area contributed by atoms with Gasteiger partial charge < -0.3 is 14.4 Å². The molecule has 1 amide bonds. The molecule has 0 spiro atoms. The van der Waals surface area contributed by atoms with Crippen molar-refractivity contribution in [1.29, 1.82) is 0 Å². The maximum Gasteiger partial charge on any atom is 0.232 e. The van der Waals surface area contributed by atoms with Crippen molar-refractivity contribution >= 4 is 40.9 Å². The van der Waals surface area contributed by atoms with Gasteiger partial charge >= 0.3 is 0 Å². The highest BCUT2D eigenvalue weighted by Crippen LogP contribution is 2.33. The Bertz CT molecular complexity index is 888. The van der Waals surface area contributed by atoms with Crippen LogP contribution in [0.5, 0.6) is 11.5 Å². The summed E-state index contributed by atoms with van der Waals surface area (Å²) in [5.41, 5.74) is 2.27. The van der Waals surface area contributed by atoms with Crippen molar-refractivity contribution in [3.8, 4) is 11.5 Å². The summed E-state index contributed by atoms with van der Waals surface area (Å²) in [4.78, 5) is 16.8. The number of carbonyl (C=O) groups excluding carboxylic acids is 1. The van der Waals surface area contributed by atoms with Gasteiger partial charge in [-0.15, -0.1) is 11.8 Å². The fraction of sp³-hybridized carbons (Fsp3) is 0.381. The van der Waals surface area contributed by atoms with E-state index in [4.69, 9.17) is 32.7 Å². The Kier molecular flexibility index (Phi) is 6.75. The lowest BCUT2D eigenvalue weighted by molar-refractivity contribution is -0.130. The van der Waals surface area contributed by atoms with Crippen LogP contribution in [-0.2, 0) is 17.1 Å². The fourth-order valence-electron chi connectivity index (χ4n) is 3.43. The second kappa shape index (κ2) is 9.47. The minimum Gasteiger partial charge on any atom is -0.454 e. The number of hydrogen-bond acceptors (Lipinski definition) is 5. The topological polar surface area (TPSA) is 42.0 Å². The van der Waals surface area contributed by atoms with E-state index in [0.29, 0.717) is 22.6 Å². The summed E-state index contributed by atoms with van der Waals surface area (Å²) in [5.74, 6) is 3.03. The molecule has 0 saturated carbocycles. The van der Waals surface area contributed by atoms with E-state index < -0.39 is 0 Å². The molecule has 1 saturated heterocycles. The summed E-state index contributed by atoms with van der Waals surface area (Å²) in [5, 5.41) is 1.10. The second-order valence-electron chi connectivity index (χ2n) is 7.09. The van der Waals surface area contributed by atoms with Crippen molar-refractivity contribution < 1.29 is 14.3 Å². The van der Waals surface area contributed by atoms with Gasteiger partial charge in [0.25, 0.3) is 0 Å². The summed E-state index contributed by atoms with van der Waals surface area (Å²) < 4.78 is 10.8. The number of halogens is 2. The Morgan fingerprint density at radius 1 is 0.931 bits per heavy atom. The van der Waals surface area contributed by atoms with Crippen LogP contribution in [0.1, 0.15) is 11.1 Å². The second-order valence-corrected chi connectivity index (χ2v) is 8.89. The minimum atomic E-state index is 0.192. The van der Waals surface area contributed by atoms with Crippen molar-refractivity contribution in [3.05, 3.63) is 57.6 Å². The summed E-state index contributed by atoms with van der Waals surface area (Å²) in [6, 6.07) is 11.7. The van der Waals surface area contributed by atoms with Crippen LogP contribution >= 0.6 is 35.0 Å². The molecule has 0 unspecified atom stereocenters. The normalized spacial score (nSPS) is 16.3. The van der Waals surface area contributed by atoms with E-state index in [1.54, 1.807) is 17.8 Å². The van der Waals surface area contributed by atoms with E-state index in [0.717, 1.165) is 55.5 Å². The van der Waals surface area contributed by atoms with Gasteiger partial charge in [0.1, 0.15) is 0 Å². The first-order chi connectivity index (χ1) is 14.1. The highest BCUT2D eigenvalue weighted by atomic mass is 35.5. The Balaban J connectivity index is 1.20. The van der Waals surface area contributed by atoms with Crippen LogP contribution in [0, 0.1) is 0 Å². The van der Waals surface area contributed by atoms with E-state index in [1.807, 2.05) is 29.2 Å². The molecule has 5 nitrogen and oxygen atoms in total. The Morgan fingerprint density at radius 3 is 2.48 bits per heavy atom. The van der Waals surface area contributed by atoms with Gasteiger partial charge in [-0.2, -0.15) is 0 Å². The van der Waals surface area contributed by atoms with Crippen LogP contribution in [0.2, 0.25) is 10.0 Å². The van der Waals surface area contributed by atoms with Crippen LogP contribution in [0.15, 0.2) is 36.4 Å². The number of piperazine rings is 1. The van der Waals surface area contributed by atoms with Gasteiger partial charge in [-0.1, -0.05) is 35.3 Å². The van der Waals surface area contributed by atoms with Gasteiger partial charge in [-0.05, 0) is 35.4 Å². The van der Waals surface area contributed by atoms with Crippen LogP contribution in [0.3, 0.4) is 0 Å². The van der Waals surface area contributed by atoms with E-state index >= 15 is 0 Å².